The van der Waals surface area contributed by atoms with Crippen LogP contribution >= 0.6 is 0 Å². The maximum Gasteiger partial charge on any atom is 0.407 e. The molecule has 0 aromatic heterocycles. The van der Waals surface area contributed by atoms with Gasteiger partial charge in [-0.25, -0.2) is 4.79 Å². The van der Waals surface area contributed by atoms with Gasteiger partial charge < -0.3 is 68.7 Å². The molecule has 0 bridgehead atoms. The Hall–Kier alpha value is -1.74. The van der Waals surface area contributed by atoms with Gasteiger partial charge in [-0.2, -0.15) is 0 Å². The molecule has 1 amide bonds. The van der Waals surface area contributed by atoms with E-state index in [-0.39, 0.29) is 57.2 Å². The first-order valence-electron chi connectivity index (χ1n) is 22.4. The lowest BCUT2D eigenvalue weighted by atomic mass is 9.73. The molecule has 17 heteroatoms. The summed E-state index contributed by atoms with van der Waals surface area (Å²) in [6.45, 7) is 23.1. The van der Waals surface area contributed by atoms with Crippen LogP contribution in [-0.2, 0) is 42.7 Å². The molecule has 358 valence electrons. The van der Waals surface area contributed by atoms with Crippen LogP contribution in [0.15, 0.2) is 0 Å². The number of ether oxygens (including phenoxy) is 8. The molecular weight excluding hydrogens is 796 g/mol. The fraction of sp³-hybridized carbons (Fsp3) is 0.955. The molecule has 0 radical (unpaired) electrons. The van der Waals surface area contributed by atoms with Gasteiger partial charge in [-0.15, -0.1) is 0 Å². The highest BCUT2D eigenvalue weighted by atomic mass is 16.7. The van der Waals surface area contributed by atoms with Crippen LogP contribution in [0.4, 0.5) is 4.79 Å². The lowest BCUT2D eigenvalue weighted by Gasteiger charge is -2.50. The molecule has 6 N–H and O–H groups in total. The van der Waals surface area contributed by atoms with Crippen molar-refractivity contribution in [3.63, 3.8) is 0 Å². The molecular formula is C44H82N2O15. The predicted octanol–water partition coefficient (Wildman–Crippen LogP) is 3.13. The molecule has 17 nitrogen and oxygen atoms in total. The number of alkyl carbamates (subject to hydrolysis) is 1. The summed E-state index contributed by atoms with van der Waals surface area (Å²) in [6.07, 6.45) is -11.0. The molecule has 61 heavy (non-hydrogen) atoms. The van der Waals surface area contributed by atoms with Gasteiger partial charge in [0.15, 0.2) is 12.6 Å². The largest absolute Gasteiger partial charge is 0.459 e. The third kappa shape index (κ3) is 13.0. The van der Waals surface area contributed by atoms with Gasteiger partial charge in [0.05, 0.1) is 67.0 Å². The standard InChI is InChI=1S/C44H82N2O15/c1-16-31-44(13,53)36(48)26(7)34(56-19-18-45-41(51)55-17-2)24(5)21-42(11,52)38(61-40-33(47)30(20-25(6)57-40)46(14)23(3)4)27(8)35(28(9)39(50)59-31)60-32-22-43(12,54-15)37(49)29(10)58-32/h23-38,40,47-49,52-53H,16-22H2,1-15H3,(H,45,51)/t24-,25-,26+,27+,28-,29+,30+,31-,32+,33-,34+,35+,36-,37+,38-,40+,42-,43-,44-/m1/s1. The van der Waals surface area contributed by atoms with E-state index in [4.69, 9.17) is 37.9 Å². The summed E-state index contributed by atoms with van der Waals surface area (Å²) in [6, 6.07) is -0.249. The molecule has 3 saturated heterocycles. The monoisotopic (exact) mass is 879 g/mol. The fourth-order valence-electron chi connectivity index (χ4n) is 9.70. The summed E-state index contributed by atoms with van der Waals surface area (Å²) >= 11 is 0. The topological polar surface area (TPSA) is 224 Å². The van der Waals surface area contributed by atoms with Crippen LogP contribution in [0.1, 0.15) is 116 Å². The first-order valence-corrected chi connectivity index (χ1v) is 22.4. The number of carbonyl (C=O) groups is 2. The number of aliphatic hydroxyl groups is 5. The maximum absolute atomic E-state index is 14.4. The van der Waals surface area contributed by atoms with E-state index in [1.54, 1.807) is 55.4 Å². The predicted molar refractivity (Wildman–Crippen MR) is 225 cm³/mol. The van der Waals surface area contributed by atoms with Crippen LogP contribution < -0.4 is 5.32 Å². The molecule has 3 aliphatic heterocycles. The van der Waals surface area contributed by atoms with Gasteiger partial charge in [0.25, 0.3) is 0 Å². The highest BCUT2D eigenvalue weighted by molar-refractivity contribution is 5.73. The molecule has 0 saturated carbocycles. The molecule has 0 spiro atoms. The van der Waals surface area contributed by atoms with Crippen LogP contribution in [0.2, 0.25) is 0 Å². The van der Waals surface area contributed by atoms with Crippen molar-refractivity contribution >= 4 is 12.1 Å². The van der Waals surface area contributed by atoms with Gasteiger partial charge in [-0.05, 0) is 94.5 Å². The van der Waals surface area contributed by atoms with Crippen LogP contribution in [-0.4, -0.2) is 173 Å². The van der Waals surface area contributed by atoms with Crippen LogP contribution in [0.25, 0.3) is 0 Å². The zero-order chi connectivity index (χ0) is 46.4. The summed E-state index contributed by atoms with van der Waals surface area (Å²) in [4.78, 5) is 28.5. The number of methoxy groups -OCH3 is 1. The summed E-state index contributed by atoms with van der Waals surface area (Å²) in [5.41, 5.74) is -4.79. The van der Waals surface area contributed by atoms with Gasteiger partial charge in [-0.3, -0.25) is 9.69 Å². The van der Waals surface area contributed by atoms with E-state index in [0.717, 1.165) is 0 Å². The van der Waals surface area contributed by atoms with Gasteiger partial charge >= 0.3 is 12.1 Å². The third-order valence-electron chi connectivity index (χ3n) is 13.6. The van der Waals surface area contributed by atoms with E-state index in [2.05, 4.69) is 10.2 Å². The first kappa shape index (κ1) is 53.6. The SMILES string of the molecule is CCOC(=O)NCCO[C@@H]1[C@H](C)[C@@H](O)[C@](C)(O)[C@@H](CC)OC(=O)[C@H](C)[C@@H](O[C@H]2C[C@@](C)(OC)[C@@H](O)[C@H](C)O2)[C@H](C)[C@@H](O[C@@H]2O[C@H](C)C[C@H](N(C)C(C)C)[C@H]2O)[C@](C)(O)C[C@H]1C. The number of esters is 1. The van der Waals surface area contributed by atoms with Crippen molar-refractivity contribution in [1.29, 1.82) is 0 Å². The molecule has 3 rings (SSSR count). The number of nitrogens with zero attached hydrogens (tertiary/aromatic N) is 1. The Morgan fingerprint density at radius 1 is 0.934 bits per heavy atom. The quantitative estimate of drug-likeness (QED) is 0.116. The molecule has 0 unspecified atom stereocenters. The lowest BCUT2D eigenvalue weighted by Crippen LogP contribution is -2.62. The van der Waals surface area contributed by atoms with E-state index in [9.17, 15) is 35.1 Å². The average molecular weight is 879 g/mol. The summed E-state index contributed by atoms with van der Waals surface area (Å²) in [5.74, 6) is -4.00. The van der Waals surface area contributed by atoms with E-state index < -0.39 is 114 Å². The van der Waals surface area contributed by atoms with Crippen LogP contribution in [0.5, 0.6) is 0 Å². The second-order valence-electron chi connectivity index (χ2n) is 19.0. The smallest absolute Gasteiger partial charge is 0.407 e. The Kier molecular flexibility index (Phi) is 19.7. The fourth-order valence-corrected chi connectivity index (χ4v) is 9.70. The molecule has 0 aromatic carbocycles. The summed E-state index contributed by atoms with van der Waals surface area (Å²) < 4.78 is 49.3. The maximum atomic E-state index is 14.4. The van der Waals surface area contributed by atoms with Gasteiger partial charge in [0.1, 0.15) is 23.9 Å². The molecule has 3 fully saturated rings. The Morgan fingerprint density at radius 2 is 1.57 bits per heavy atom. The number of amides is 1. The van der Waals surface area contributed by atoms with Crippen molar-refractivity contribution in [2.75, 3.05) is 33.9 Å². The van der Waals surface area contributed by atoms with Crippen molar-refractivity contribution in [3.05, 3.63) is 0 Å². The van der Waals surface area contributed by atoms with E-state index in [0.29, 0.717) is 6.42 Å². The van der Waals surface area contributed by atoms with Crippen molar-refractivity contribution in [3.8, 4) is 0 Å². The summed E-state index contributed by atoms with van der Waals surface area (Å²) in [7, 11) is 3.42. The van der Waals surface area contributed by atoms with E-state index in [1.165, 1.54) is 14.0 Å². The van der Waals surface area contributed by atoms with E-state index in [1.807, 2.05) is 34.7 Å². The molecule has 0 aliphatic carbocycles. The molecule has 0 aromatic rings. The number of hydrogen-bond donors (Lipinski definition) is 6. The number of cyclic esters (lactones) is 1. The Labute approximate surface area is 364 Å². The highest BCUT2D eigenvalue weighted by Gasteiger charge is 2.54. The zero-order valence-corrected chi connectivity index (χ0v) is 39.5. The first-order chi connectivity index (χ1) is 28.3. The van der Waals surface area contributed by atoms with Gasteiger partial charge in [0, 0.05) is 44.0 Å². The number of hydrogen-bond acceptors (Lipinski definition) is 16. The lowest BCUT2D eigenvalue weighted by molar-refractivity contribution is -0.319. The average Bonchev–Trinajstić information content (AvgIpc) is 3.18. The summed E-state index contributed by atoms with van der Waals surface area (Å²) in [5, 5.41) is 62.4. The van der Waals surface area contributed by atoms with Crippen molar-refractivity contribution in [2.45, 2.75) is 212 Å². The normalized spacial score (nSPS) is 44.7. The zero-order valence-electron chi connectivity index (χ0n) is 39.5. The number of nitrogens with one attached hydrogen (secondary N) is 1. The third-order valence-corrected chi connectivity index (χ3v) is 13.6. The molecule has 3 aliphatic rings. The number of likely N-dealkylation sites (N-methyl/N-ethyl adjacent to an activating group) is 1. The van der Waals surface area contributed by atoms with Crippen molar-refractivity contribution in [2.24, 2.45) is 23.7 Å². The minimum absolute atomic E-state index is 0.00146. The number of rotatable bonds is 13. The minimum atomic E-state index is -1.96. The second kappa shape index (κ2) is 22.4. The Morgan fingerprint density at radius 3 is 2.15 bits per heavy atom. The van der Waals surface area contributed by atoms with Crippen LogP contribution in [0.3, 0.4) is 0 Å². The van der Waals surface area contributed by atoms with E-state index >= 15 is 0 Å². The molecule has 19 atom stereocenters. The van der Waals surface area contributed by atoms with Gasteiger partial charge in [-0.1, -0.05) is 27.7 Å². The number of aliphatic hydroxyl groups excluding tert-OH is 3. The van der Waals surface area contributed by atoms with Gasteiger partial charge in [0.2, 0.25) is 0 Å². The second-order valence-corrected chi connectivity index (χ2v) is 19.0. The number of carbonyl (C=O) groups excluding carboxylic acids is 2. The highest BCUT2D eigenvalue weighted by Crippen LogP contribution is 2.42. The minimum Gasteiger partial charge on any atom is -0.459 e. The molecule has 3 heterocycles. The van der Waals surface area contributed by atoms with Crippen LogP contribution in [0, 0.1) is 23.7 Å². The van der Waals surface area contributed by atoms with Crippen molar-refractivity contribution < 1.29 is 73.0 Å². The van der Waals surface area contributed by atoms with Crippen molar-refractivity contribution in [1.82, 2.24) is 10.2 Å². The Balaban J connectivity index is 2.21. The Bertz CT molecular complexity index is 1370.